The topological polar surface area (TPSA) is 55.4 Å². The van der Waals surface area contributed by atoms with Gasteiger partial charge in [-0.15, -0.1) is 0 Å². The van der Waals surface area contributed by atoms with Crippen LogP contribution in [0.3, 0.4) is 0 Å². The maximum Gasteiger partial charge on any atom is 0.328 e. The molecule has 16 heavy (non-hydrogen) atoms. The molecule has 1 amide bonds. The Hall–Kier alpha value is -1.06. The lowest BCUT2D eigenvalue weighted by Crippen LogP contribution is -2.46. The van der Waals surface area contributed by atoms with Crippen LogP contribution < -0.4 is 5.32 Å². The van der Waals surface area contributed by atoms with E-state index < -0.39 is 6.04 Å². The Kier molecular flexibility index (Phi) is 5.29. The highest BCUT2D eigenvalue weighted by Gasteiger charge is 2.31. The largest absolute Gasteiger partial charge is 0.467 e. The minimum Gasteiger partial charge on any atom is -0.467 e. The molecule has 0 heterocycles. The van der Waals surface area contributed by atoms with Gasteiger partial charge < -0.3 is 10.1 Å². The summed E-state index contributed by atoms with van der Waals surface area (Å²) in [6, 6.07) is -0.447. The van der Waals surface area contributed by atoms with Gasteiger partial charge in [-0.3, -0.25) is 4.79 Å². The quantitative estimate of drug-likeness (QED) is 0.743. The van der Waals surface area contributed by atoms with Crippen molar-refractivity contribution in [1.82, 2.24) is 5.32 Å². The molecule has 1 saturated carbocycles. The number of amides is 1. The molecule has 1 N–H and O–H groups in total. The zero-order valence-electron chi connectivity index (χ0n) is 10.1. The average molecular weight is 227 g/mol. The van der Waals surface area contributed by atoms with Crippen molar-refractivity contribution in [2.75, 3.05) is 7.11 Å². The summed E-state index contributed by atoms with van der Waals surface area (Å²) in [5.41, 5.74) is 0. The number of rotatable bonds is 4. The molecule has 1 atom stereocenters. The molecule has 0 radical (unpaired) electrons. The smallest absolute Gasteiger partial charge is 0.328 e. The SMILES string of the molecule is CCC(=O)N[C@H](C(=O)OC)C1CCCCC1. The number of hydrogen-bond acceptors (Lipinski definition) is 3. The zero-order valence-corrected chi connectivity index (χ0v) is 10.1. The fourth-order valence-corrected chi connectivity index (χ4v) is 2.24. The summed E-state index contributed by atoms with van der Waals surface area (Å²) in [5.74, 6) is -0.147. The van der Waals surface area contributed by atoms with E-state index in [0.29, 0.717) is 6.42 Å². The highest BCUT2D eigenvalue weighted by atomic mass is 16.5. The van der Waals surface area contributed by atoms with E-state index in [1.54, 1.807) is 6.92 Å². The third-order valence-electron chi connectivity index (χ3n) is 3.21. The number of methoxy groups -OCH3 is 1. The molecule has 1 rings (SSSR count). The highest BCUT2D eigenvalue weighted by Crippen LogP contribution is 2.27. The van der Waals surface area contributed by atoms with Crippen LogP contribution >= 0.6 is 0 Å². The van der Waals surface area contributed by atoms with Gasteiger partial charge in [-0.2, -0.15) is 0 Å². The minimum atomic E-state index is -0.447. The predicted octanol–water partition coefficient (Wildman–Crippen LogP) is 1.63. The molecule has 0 saturated heterocycles. The Labute approximate surface area is 96.7 Å². The van der Waals surface area contributed by atoms with Crippen LogP contribution in [-0.2, 0) is 14.3 Å². The van der Waals surface area contributed by atoms with Gasteiger partial charge in [0.05, 0.1) is 7.11 Å². The van der Waals surface area contributed by atoms with Gasteiger partial charge >= 0.3 is 5.97 Å². The summed E-state index contributed by atoms with van der Waals surface area (Å²) in [7, 11) is 1.37. The molecule has 0 spiro atoms. The van der Waals surface area contributed by atoms with Crippen molar-refractivity contribution in [2.24, 2.45) is 5.92 Å². The van der Waals surface area contributed by atoms with E-state index in [-0.39, 0.29) is 17.8 Å². The molecule has 0 bridgehead atoms. The third-order valence-corrected chi connectivity index (χ3v) is 3.21. The van der Waals surface area contributed by atoms with E-state index in [1.165, 1.54) is 13.5 Å². The second-order valence-corrected chi connectivity index (χ2v) is 4.32. The van der Waals surface area contributed by atoms with Crippen LogP contribution in [-0.4, -0.2) is 25.0 Å². The van der Waals surface area contributed by atoms with Crippen LogP contribution in [0.2, 0.25) is 0 Å². The van der Waals surface area contributed by atoms with Crippen molar-refractivity contribution in [3.8, 4) is 0 Å². The van der Waals surface area contributed by atoms with Gasteiger partial charge in [0.1, 0.15) is 6.04 Å². The lowest BCUT2D eigenvalue weighted by molar-refractivity contribution is -0.147. The van der Waals surface area contributed by atoms with E-state index in [2.05, 4.69) is 5.32 Å². The average Bonchev–Trinajstić information content (AvgIpc) is 2.35. The molecule has 1 aliphatic carbocycles. The number of esters is 1. The minimum absolute atomic E-state index is 0.0824. The molecule has 4 heteroatoms. The molecule has 1 fully saturated rings. The first-order chi connectivity index (χ1) is 7.69. The number of carbonyl (C=O) groups excluding carboxylic acids is 2. The van der Waals surface area contributed by atoms with Gasteiger partial charge in [-0.1, -0.05) is 26.2 Å². The maximum atomic E-state index is 11.6. The van der Waals surface area contributed by atoms with Crippen LogP contribution in [0.5, 0.6) is 0 Å². The fourth-order valence-electron chi connectivity index (χ4n) is 2.24. The lowest BCUT2D eigenvalue weighted by atomic mass is 9.84. The van der Waals surface area contributed by atoms with Crippen molar-refractivity contribution in [1.29, 1.82) is 0 Å². The molecule has 92 valence electrons. The molecule has 0 aromatic carbocycles. The number of carbonyl (C=O) groups is 2. The Morgan fingerprint density at radius 1 is 1.31 bits per heavy atom. The molecule has 0 aliphatic heterocycles. The second kappa shape index (κ2) is 6.51. The Balaban J connectivity index is 2.61. The van der Waals surface area contributed by atoms with Crippen molar-refractivity contribution in [3.05, 3.63) is 0 Å². The number of nitrogens with one attached hydrogen (secondary N) is 1. The van der Waals surface area contributed by atoms with Crippen LogP contribution in [0.15, 0.2) is 0 Å². The normalized spacial score (nSPS) is 18.9. The highest BCUT2D eigenvalue weighted by molar-refractivity contribution is 5.84. The number of hydrogen-bond donors (Lipinski definition) is 1. The first-order valence-corrected chi connectivity index (χ1v) is 6.06. The second-order valence-electron chi connectivity index (χ2n) is 4.32. The molecule has 0 aromatic heterocycles. The monoisotopic (exact) mass is 227 g/mol. The van der Waals surface area contributed by atoms with Crippen molar-refractivity contribution < 1.29 is 14.3 Å². The Morgan fingerprint density at radius 3 is 2.44 bits per heavy atom. The van der Waals surface area contributed by atoms with Gasteiger partial charge in [0.2, 0.25) is 5.91 Å². The standard InChI is InChI=1S/C12H21NO3/c1-3-10(14)13-11(12(15)16-2)9-7-5-4-6-8-9/h9,11H,3-8H2,1-2H3,(H,13,14)/t11-/m0/s1. The molecular formula is C12H21NO3. The summed E-state index contributed by atoms with van der Waals surface area (Å²) in [6.07, 6.45) is 5.92. The fraction of sp³-hybridized carbons (Fsp3) is 0.833. The van der Waals surface area contributed by atoms with Gasteiger partial charge in [0.25, 0.3) is 0 Å². The van der Waals surface area contributed by atoms with E-state index in [0.717, 1.165) is 25.7 Å². The molecule has 4 nitrogen and oxygen atoms in total. The Morgan fingerprint density at radius 2 is 1.94 bits per heavy atom. The van der Waals surface area contributed by atoms with E-state index in [9.17, 15) is 9.59 Å². The van der Waals surface area contributed by atoms with Crippen LogP contribution in [0.1, 0.15) is 45.4 Å². The van der Waals surface area contributed by atoms with Gasteiger partial charge in [0, 0.05) is 6.42 Å². The lowest BCUT2D eigenvalue weighted by Gasteiger charge is -2.28. The third kappa shape index (κ3) is 3.51. The predicted molar refractivity (Wildman–Crippen MR) is 60.8 cm³/mol. The Bertz CT molecular complexity index is 247. The van der Waals surface area contributed by atoms with E-state index in [4.69, 9.17) is 4.74 Å². The van der Waals surface area contributed by atoms with Gasteiger partial charge in [0.15, 0.2) is 0 Å². The van der Waals surface area contributed by atoms with E-state index in [1.807, 2.05) is 0 Å². The molecule has 1 aliphatic rings. The first-order valence-electron chi connectivity index (χ1n) is 6.06. The summed E-state index contributed by atoms with van der Waals surface area (Å²) in [6.45, 7) is 1.78. The van der Waals surface area contributed by atoms with Gasteiger partial charge in [-0.05, 0) is 18.8 Å². The maximum absolute atomic E-state index is 11.6. The first kappa shape index (κ1) is 13.0. The van der Waals surface area contributed by atoms with E-state index >= 15 is 0 Å². The van der Waals surface area contributed by atoms with Crippen LogP contribution in [0, 0.1) is 5.92 Å². The molecular weight excluding hydrogens is 206 g/mol. The summed E-state index contributed by atoms with van der Waals surface area (Å²) < 4.78 is 4.76. The molecule has 0 aromatic rings. The summed E-state index contributed by atoms with van der Waals surface area (Å²) >= 11 is 0. The molecule has 0 unspecified atom stereocenters. The van der Waals surface area contributed by atoms with Crippen LogP contribution in [0.25, 0.3) is 0 Å². The van der Waals surface area contributed by atoms with Crippen molar-refractivity contribution in [2.45, 2.75) is 51.5 Å². The number of ether oxygens (including phenoxy) is 1. The van der Waals surface area contributed by atoms with Crippen molar-refractivity contribution >= 4 is 11.9 Å². The van der Waals surface area contributed by atoms with Gasteiger partial charge in [-0.25, -0.2) is 4.79 Å². The summed E-state index contributed by atoms with van der Waals surface area (Å²) in [4.78, 5) is 23.0. The summed E-state index contributed by atoms with van der Waals surface area (Å²) in [5, 5.41) is 2.77. The van der Waals surface area contributed by atoms with Crippen LogP contribution in [0.4, 0.5) is 0 Å². The zero-order chi connectivity index (χ0) is 12.0. The van der Waals surface area contributed by atoms with Crippen molar-refractivity contribution in [3.63, 3.8) is 0 Å².